The zero-order valence-corrected chi connectivity index (χ0v) is 49.3. The number of aryl methyl sites for hydroxylation is 2. The maximum atomic E-state index is 5.00. The van der Waals surface area contributed by atoms with Gasteiger partial charge in [0.25, 0.3) is 0 Å². The van der Waals surface area contributed by atoms with Crippen LogP contribution in [0.2, 0.25) is 0 Å². The Balaban J connectivity index is 0.895. The Morgan fingerprint density at radius 3 is 1.14 bits per heavy atom. The van der Waals surface area contributed by atoms with Gasteiger partial charge in [-0.05, 0) is 73.9 Å². The summed E-state index contributed by atoms with van der Waals surface area (Å²) in [6.45, 7) is 16.1. The molecule has 9 heterocycles. The number of benzene rings is 2. The van der Waals surface area contributed by atoms with Crippen LogP contribution in [0.3, 0.4) is 0 Å². The van der Waals surface area contributed by atoms with Gasteiger partial charge in [0, 0.05) is 64.6 Å². The average Bonchev–Trinajstić information content (AvgIpc) is 4.26. The quantitative estimate of drug-likeness (QED) is 0.0507. The minimum Gasteiger partial charge on any atom is -0.339 e. The molecule has 382 valence electrons. The van der Waals surface area contributed by atoms with Crippen LogP contribution in [-0.2, 0) is 25.9 Å². The van der Waals surface area contributed by atoms with E-state index in [1.807, 2.05) is 56.7 Å². The number of nitrogens with zero attached hydrogens (tertiary/aromatic N) is 6. The minimum absolute atomic E-state index is 0.766. The van der Waals surface area contributed by atoms with Gasteiger partial charge in [-0.25, -0.2) is 0 Å². The zero-order valence-electron chi connectivity index (χ0n) is 43.6. The molecular weight excluding hydrogens is 1030 g/mol. The van der Waals surface area contributed by atoms with Crippen molar-refractivity contribution in [3.8, 4) is 41.8 Å². The zero-order chi connectivity index (χ0) is 50.0. The summed E-state index contributed by atoms with van der Waals surface area (Å²) in [6, 6.07) is 23.7. The molecule has 2 atom stereocenters. The standard InChI is InChI=1S/C60H70N6S7/c1-7-13-17-19-29-65-45-33-39(31-37(11-5)21-15-9-3)67-57(45)59-47(65)35-51(70-59)43-25-23-41(53-55(43)63-72-61-53)49-27-28-50(69-49)42-24-26-44(56-54(42)62-73-64-56)52-36-48-60(71-52)58-46(66(48)30-20-18-14-8-2)34-40(68-58)32-38(12-6)22-16-10-4/h23-28,33-38H,7-22,29-32H2,1-6H3. The molecule has 2 aromatic carbocycles. The molecule has 11 aromatic rings. The average molecular weight is 1100 g/mol. The highest BCUT2D eigenvalue weighted by atomic mass is 32.1. The van der Waals surface area contributed by atoms with Gasteiger partial charge in [0.05, 0.1) is 64.3 Å². The van der Waals surface area contributed by atoms with Gasteiger partial charge in [-0.15, -0.1) is 56.7 Å². The summed E-state index contributed by atoms with van der Waals surface area (Å²) in [5.41, 5.74) is 14.3. The van der Waals surface area contributed by atoms with Crippen LogP contribution in [0, 0.1) is 11.8 Å². The Morgan fingerprint density at radius 1 is 0.384 bits per heavy atom. The molecule has 11 rings (SSSR count). The van der Waals surface area contributed by atoms with Crippen molar-refractivity contribution >= 4 is 143 Å². The van der Waals surface area contributed by atoms with Crippen molar-refractivity contribution in [1.29, 1.82) is 0 Å². The van der Waals surface area contributed by atoms with Crippen LogP contribution in [0.1, 0.15) is 154 Å². The van der Waals surface area contributed by atoms with Crippen LogP contribution >= 0.6 is 80.1 Å². The second-order valence-corrected chi connectivity index (χ2v) is 27.1. The Bertz CT molecular complexity index is 3380. The van der Waals surface area contributed by atoms with Crippen LogP contribution < -0.4 is 0 Å². The van der Waals surface area contributed by atoms with Gasteiger partial charge in [-0.2, -0.15) is 17.5 Å². The first-order chi connectivity index (χ1) is 35.9. The van der Waals surface area contributed by atoms with E-state index in [4.69, 9.17) is 17.5 Å². The van der Waals surface area contributed by atoms with E-state index in [1.165, 1.54) is 211 Å². The van der Waals surface area contributed by atoms with E-state index in [1.54, 1.807) is 9.75 Å². The predicted molar refractivity (Wildman–Crippen MR) is 328 cm³/mol. The molecule has 0 spiro atoms. The predicted octanol–water partition coefficient (Wildman–Crippen LogP) is 21.6. The third-order valence-corrected chi connectivity index (χ3v) is 22.7. The highest BCUT2D eigenvalue weighted by molar-refractivity contribution is 7.29. The van der Waals surface area contributed by atoms with Crippen LogP contribution in [0.5, 0.6) is 0 Å². The molecule has 0 saturated heterocycles. The number of fused-ring (bicyclic) bond motifs is 8. The number of hydrogen-bond acceptors (Lipinski definition) is 11. The van der Waals surface area contributed by atoms with Gasteiger partial charge >= 0.3 is 0 Å². The van der Waals surface area contributed by atoms with Crippen LogP contribution in [0.4, 0.5) is 0 Å². The number of aromatic nitrogens is 6. The van der Waals surface area contributed by atoms with Crippen molar-refractivity contribution in [2.24, 2.45) is 11.8 Å². The molecule has 2 unspecified atom stereocenters. The molecule has 13 heteroatoms. The lowest BCUT2D eigenvalue weighted by Gasteiger charge is -2.12. The van der Waals surface area contributed by atoms with E-state index in [9.17, 15) is 0 Å². The Hall–Kier alpha value is -3.82. The normalized spacial score (nSPS) is 13.2. The topological polar surface area (TPSA) is 61.4 Å². The van der Waals surface area contributed by atoms with Crippen molar-refractivity contribution < 1.29 is 0 Å². The van der Waals surface area contributed by atoms with Crippen LogP contribution in [-0.4, -0.2) is 26.6 Å². The second kappa shape index (κ2) is 23.2. The lowest BCUT2D eigenvalue weighted by molar-refractivity contribution is 0.452. The molecule has 0 aliphatic carbocycles. The number of hydrogen-bond donors (Lipinski definition) is 0. The maximum absolute atomic E-state index is 5.00. The lowest BCUT2D eigenvalue weighted by Crippen LogP contribution is -2.02. The maximum Gasteiger partial charge on any atom is 0.114 e. The first-order valence-corrected chi connectivity index (χ1v) is 33.2. The highest BCUT2D eigenvalue weighted by Gasteiger charge is 2.25. The van der Waals surface area contributed by atoms with E-state index < -0.39 is 0 Å². The fourth-order valence-corrected chi connectivity index (χ4v) is 18.7. The Kier molecular flexibility index (Phi) is 16.3. The third-order valence-electron chi connectivity index (χ3n) is 15.6. The molecule has 0 amide bonds. The van der Waals surface area contributed by atoms with Gasteiger partial charge in [0.2, 0.25) is 0 Å². The van der Waals surface area contributed by atoms with Crippen molar-refractivity contribution in [3.63, 3.8) is 0 Å². The SMILES string of the molecule is CCCCCCn1c2cc(CC(CC)CCCC)sc2c2sc(-c3ccc(-c4ccc(-c5ccc(-c6cc7c(s6)c6sc(CC(CC)CCCC)cc6n7CCCCCC)c6nsnc56)s4)c4nsnc34)cc21. The minimum atomic E-state index is 0.766. The number of unbranched alkanes of at least 4 members (excludes halogenated alkanes) is 8. The third kappa shape index (κ3) is 10.2. The van der Waals surface area contributed by atoms with E-state index in [0.717, 1.165) is 58.1 Å². The van der Waals surface area contributed by atoms with Gasteiger partial charge < -0.3 is 9.13 Å². The van der Waals surface area contributed by atoms with Crippen molar-refractivity contribution in [2.45, 2.75) is 170 Å². The summed E-state index contributed by atoms with van der Waals surface area (Å²) in [5.74, 6) is 1.53. The van der Waals surface area contributed by atoms with E-state index >= 15 is 0 Å². The molecule has 0 saturated carbocycles. The van der Waals surface area contributed by atoms with Gasteiger partial charge in [0.1, 0.15) is 22.1 Å². The van der Waals surface area contributed by atoms with Gasteiger partial charge in [-0.1, -0.05) is 156 Å². The van der Waals surface area contributed by atoms with Gasteiger partial charge in [0.15, 0.2) is 0 Å². The van der Waals surface area contributed by atoms with E-state index in [0.29, 0.717) is 0 Å². The summed E-state index contributed by atoms with van der Waals surface area (Å²) in [4.78, 5) is 8.06. The molecule has 6 nitrogen and oxygen atoms in total. The first-order valence-electron chi connectivity index (χ1n) is 27.6. The van der Waals surface area contributed by atoms with E-state index in [-0.39, 0.29) is 0 Å². The summed E-state index contributed by atoms with van der Waals surface area (Å²) in [5, 5.41) is 0. The molecular formula is C60H70N6S7. The highest BCUT2D eigenvalue weighted by Crippen LogP contribution is 2.49. The fraction of sp³-hybridized carbons (Fsp3) is 0.467. The smallest absolute Gasteiger partial charge is 0.114 e. The summed E-state index contributed by atoms with van der Waals surface area (Å²) >= 11 is 12.5. The molecule has 0 N–H and O–H groups in total. The monoisotopic (exact) mass is 1100 g/mol. The van der Waals surface area contributed by atoms with E-state index in [2.05, 4.69) is 111 Å². The summed E-state index contributed by atoms with van der Waals surface area (Å²) in [7, 11) is 0. The first kappa shape index (κ1) is 51.3. The lowest BCUT2D eigenvalue weighted by atomic mass is 9.95. The molecule has 0 fully saturated rings. The molecule has 0 aliphatic rings. The molecule has 0 radical (unpaired) electrons. The molecule has 73 heavy (non-hydrogen) atoms. The molecule has 0 bridgehead atoms. The van der Waals surface area contributed by atoms with Crippen LogP contribution in [0.25, 0.3) is 105 Å². The Morgan fingerprint density at radius 2 is 0.753 bits per heavy atom. The Labute approximate surface area is 460 Å². The number of thiophene rings is 5. The largest absolute Gasteiger partial charge is 0.339 e. The van der Waals surface area contributed by atoms with Crippen LogP contribution in [0.15, 0.2) is 60.7 Å². The van der Waals surface area contributed by atoms with Crippen molar-refractivity contribution in [1.82, 2.24) is 26.6 Å². The second-order valence-electron chi connectivity index (χ2n) is 20.6. The van der Waals surface area contributed by atoms with Crippen molar-refractivity contribution in [3.05, 3.63) is 70.4 Å². The summed E-state index contributed by atoms with van der Waals surface area (Å²) < 4.78 is 31.1. The molecule has 9 aromatic heterocycles. The number of rotatable bonds is 26. The summed E-state index contributed by atoms with van der Waals surface area (Å²) in [6.07, 6.45) is 22.9. The van der Waals surface area contributed by atoms with Crippen molar-refractivity contribution in [2.75, 3.05) is 0 Å². The molecule has 0 aliphatic heterocycles. The van der Waals surface area contributed by atoms with Gasteiger partial charge in [-0.3, -0.25) is 0 Å². The fourth-order valence-electron chi connectivity index (χ4n) is 11.3.